The number of benzene rings is 1. The first-order valence-corrected chi connectivity index (χ1v) is 8.10. The van der Waals surface area contributed by atoms with E-state index in [4.69, 9.17) is 11.6 Å². The van der Waals surface area contributed by atoms with E-state index in [0.29, 0.717) is 0 Å². The van der Waals surface area contributed by atoms with Crippen molar-refractivity contribution in [1.29, 1.82) is 0 Å². The first kappa shape index (κ1) is 16.6. The minimum Gasteiger partial charge on any atom is -0.384 e. The summed E-state index contributed by atoms with van der Waals surface area (Å²) in [5, 5.41) is 4.22. The zero-order valence-electron chi connectivity index (χ0n) is 13.2. The summed E-state index contributed by atoms with van der Waals surface area (Å²) in [5.41, 5.74) is 1.10. The van der Waals surface area contributed by atoms with Crippen LogP contribution in [0.5, 0.6) is 0 Å². The summed E-state index contributed by atoms with van der Waals surface area (Å²) in [7, 11) is 4.27. The van der Waals surface area contributed by atoms with E-state index in [1.54, 1.807) is 0 Å². The Bertz CT molecular complexity index is 416. The summed E-state index contributed by atoms with van der Waals surface area (Å²) in [6, 6.07) is 7.92. The number of hydrogen-bond acceptors (Lipinski definition) is 4. The molecule has 0 atom stereocenters. The fourth-order valence-electron chi connectivity index (χ4n) is 2.53. The van der Waals surface area contributed by atoms with Gasteiger partial charge >= 0.3 is 0 Å². The van der Waals surface area contributed by atoms with Crippen LogP contribution in [0.1, 0.15) is 0 Å². The molecule has 4 nitrogen and oxygen atoms in total. The molecule has 1 aromatic rings. The summed E-state index contributed by atoms with van der Waals surface area (Å²) in [6.45, 7) is 9.11. The van der Waals surface area contributed by atoms with Gasteiger partial charge in [0.1, 0.15) is 0 Å². The Morgan fingerprint density at radius 1 is 1.10 bits per heavy atom. The van der Waals surface area contributed by atoms with Gasteiger partial charge in [0.15, 0.2) is 0 Å². The second-order valence-electron chi connectivity index (χ2n) is 5.92. The summed E-state index contributed by atoms with van der Waals surface area (Å²) in [4.78, 5) is 7.34. The standard InChI is InChI=1S/C16H27ClN4/c1-19(2)8-9-21-12-10-20(11-13-21)7-6-18-16-5-3-4-15(17)14-16/h3-5,14,18H,6-13H2,1-2H3. The summed E-state index contributed by atoms with van der Waals surface area (Å²) >= 11 is 5.98. The fraction of sp³-hybridized carbons (Fsp3) is 0.625. The molecular weight excluding hydrogens is 284 g/mol. The van der Waals surface area contributed by atoms with Gasteiger partial charge in [-0.2, -0.15) is 0 Å². The average Bonchev–Trinajstić information content (AvgIpc) is 2.46. The van der Waals surface area contributed by atoms with E-state index in [9.17, 15) is 0 Å². The second-order valence-corrected chi connectivity index (χ2v) is 6.36. The van der Waals surface area contributed by atoms with Crippen molar-refractivity contribution in [2.75, 3.05) is 71.8 Å². The molecule has 0 aliphatic carbocycles. The molecule has 0 saturated carbocycles. The molecule has 1 aromatic carbocycles. The lowest BCUT2D eigenvalue weighted by molar-refractivity contribution is 0.128. The van der Waals surface area contributed by atoms with Gasteiger partial charge in [0.25, 0.3) is 0 Å². The largest absolute Gasteiger partial charge is 0.384 e. The van der Waals surface area contributed by atoms with Crippen LogP contribution in [0.15, 0.2) is 24.3 Å². The van der Waals surface area contributed by atoms with E-state index in [1.165, 1.54) is 32.7 Å². The summed E-state index contributed by atoms with van der Waals surface area (Å²) in [5.74, 6) is 0. The lowest BCUT2D eigenvalue weighted by Gasteiger charge is -2.35. The van der Waals surface area contributed by atoms with Crippen molar-refractivity contribution in [3.8, 4) is 0 Å². The SMILES string of the molecule is CN(C)CCN1CCN(CCNc2cccc(Cl)c2)CC1. The molecule has 0 bridgehead atoms. The number of hydrogen-bond donors (Lipinski definition) is 1. The average molecular weight is 311 g/mol. The van der Waals surface area contributed by atoms with Crippen molar-refractivity contribution in [2.24, 2.45) is 0 Å². The minimum absolute atomic E-state index is 0.787. The van der Waals surface area contributed by atoms with E-state index >= 15 is 0 Å². The number of halogens is 1. The topological polar surface area (TPSA) is 21.8 Å². The van der Waals surface area contributed by atoms with Gasteiger partial charge in [0.2, 0.25) is 0 Å². The lowest BCUT2D eigenvalue weighted by Crippen LogP contribution is -2.48. The highest BCUT2D eigenvalue weighted by Gasteiger charge is 2.15. The van der Waals surface area contributed by atoms with E-state index in [0.717, 1.165) is 30.3 Å². The molecule has 0 unspecified atom stereocenters. The third-order valence-corrected chi connectivity index (χ3v) is 4.15. The zero-order chi connectivity index (χ0) is 15.1. The minimum atomic E-state index is 0.787. The highest BCUT2D eigenvalue weighted by atomic mass is 35.5. The Hall–Kier alpha value is -0.810. The molecule has 0 amide bonds. The molecule has 0 aromatic heterocycles. The first-order valence-electron chi connectivity index (χ1n) is 7.72. The number of piperazine rings is 1. The molecular formula is C16H27ClN4. The Morgan fingerprint density at radius 3 is 2.38 bits per heavy atom. The van der Waals surface area contributed by atoms with Crippen LogP contribution in [0.4, 0.5) is 5.69 Å². The van der Waals surface area contributed by atoms with Gasteiger partial charge in [0, 0.05) is 63.1 Å². The predicted octanol–water partition coefficient (Wildman–Crippen LogP) is 1.93. The van der Waals surface area contributed by atoms with Crippen LogP contribution in [-0.4, -0.2) is 81.2 Å². The maximum Gasteiger partial charge on any atom is 0.0426 e. The number of nitrogens with one attached hydrogen (secondary N) is 1. The predicted molar refractivity (Wildman–Crippen MR) is 91.4 cm³/mol. The van der Waals surface area contributed by atoms with Crippen LogP contribution in [-0.2, 0) is 0 Å². The van der Waals surface area contributed by atoms with Crippen molar-refractivity contribution >= 4 is 17.3 Å². The Balaban J connectivity index is 1.60. The Kier molecular flexibility index (Phi) is 6.77. The molecule has 0 spiro atoms. The fourth-order valence-corrected chi connectivity index (χ4v) is 2.73. The van der Waals surface area contributed by atoms with Gasteiger partial charge < -0.3 is 10.2 Å². The number of rotatable bonds is 7. The van der Waals surface area contributed by atoms with Crippen LogP contribution < -0.4 is 5.32 Å². The second kappa shape index (κ2) is 8.59. The molecule has 5 heteroatoms. The van der Waals surface area contributed by atoms with Gasteiger partial charge in [0.05, 0.1) is 0 Å². The monoisotopic (exact) mass is 310 g/mol. The molecule has 1 fully saturated rings. The van der Waals surface area contributed by atoms with Crippen molar-refractivity contribution in [2.45, 2.75) is 0 Å². The van der Waals surface area contributed by atoms with Crippen LogP contribution in [0.25, 0.3) is 0 Å². The maximum atomic E-state index is 5.98. The van der Waals surface area contributed by atoms with Crippen molar-refractivity contribution < 1.29 is 0 Å². The molecule has 1 saturated heterocycles. The molecule has 0 radical (unpaired) electrons. The molecule has 1 N–H and O–H groups in total. The molecule has 118 valence electrons. The molecule has 1 aliphatic rings. The van der Waals surface area contributed by atoms with E-state index in [2.05, 4.69) is 40.2 Å². The highest BCUT2D eigenvalue weighted by Crippen LogP contribution is 2.14. The lowest BCUT2D eigenvalue weighted by atomic mass is 10.3. The van der Waals surface area contributed by atoms with Crippen molar-refractivity contribution in [1.82, 2.24) is 14.7 Å². The van der Waals surface area contributed by atoms with Crippen LogP contribution in [0.2, 0.25) is 5.02 Å². The van der Waals surface area contributed by atoms with Gasteiger partial charge in [-0.05, 0) is 32.3 Å². The van der Waals surface area contributed by atoms with Gasteiger partial charge in [-0.25, -0.2) is 0 Å². The quantitative estimate of drug-likeness (QED) is 0.830. The Labute approximate surface area is 133 Å². The number of likely N-dealkylation sites (N-methyl/N-ethyl adjacent to an activating group) is 1. The van der Waals surface area contributed by atoms with Crippen molar-refractivity contribution in [3.05, 3.63) is 29.3 Å². The van der Waals surface area contributed by atoms with Gasteiger partial charge in [-0.3, -0.25) is 9.80 Å². The van der Waals surface area contributed by atoms with E-state index < -0.39 is 0 Å². The van der Waals surface area contributed by atoms with E-state index in [-0.39, 0.29) is 0 Å². The number of nitrogens with zero attached hydrogens (tertiary/aromatic N) is 3. The molecule has 21 heavy (non-hydrogen) atoms. The molecule has 1 aliphatic heterocycles. The molecule has 2 rings (SSSR count). The first-order chi connectivity index (χ1) is 10.1. The summed E-state index contributed by atoms with van der Waals surface area (Å²) in [6.07, 6.45) is 0. The van der Waals surface area contributed by atoms with Crippen LogP contribution >= 0.6 is 11.6 Å². The van der Waals surface area contributed by atoms with Gasteiger partial charge in [-0.1, -0.05) is 17.7 Å². The van der Waals surface area contributed by atoms with Gasteiger partial charge in [-0.15, -0.1) is 0 Å². The van der Waals surface area contributed by atoms with E-state index in [1.807, 2.05) is 18.2 Å². The normalized spacial score (nSPS) is 17.3. The van der Waals surface area contributed by atoms with Crippen molar-refractivity contribution in [3.63, 3.8) is 0 Å². The third kappa shape index (κ3) is 6.22. The smallest absolute Gasteiger partial charge is 0.0426 e. The van der Waals surface area contributed by atoms with Crippen LogP contribution in [0.3, 0.4) is 0 Å². The van der Waals surface area contributed by atoms with Crippen LogP contribution in [0, 0.1) is 0 Å². The summed E-state index contributed by atoms with van der Waals surface area (Å²) < 4.78 is 0. The third-order valence-electron chi connectivity index (χ3n) is 3.91. The zero-order valence-corrected chi connectivity index (χ0v) is 13.9. The molecule has 1 heterocycles. The maximum absolute atomic E-state index is 5.98. The highest BCUT2D eigenvalue weighted by molar-refractivity contribution is 6.30. The number of anilines is 1. The Morgan fingerprint density at radius 2 is 1.76 bits per heavy atom.